The molecule has 0 saturated heterocycles. The van der Waals surface area contributed by atoms with Crippen molar-refractivity contribution in [3.05, 3.63) is 99.9 Å². The fourth-order valence-electron chi connectivity index (χ4n) is 3.21. The summed E-state index contributed by atoms with van der Waals surface area (Å²) in [4.78, 5) is 24.8. The molecule has 0 bridgehead atoms. The highest BCUT2D eigenvalue weighted by molar-refractivity contribution is 5.89. The van der Waals surface area contributed by atoms with E-state index in [0.717, 1.165) is 5.56 Å². The van der Waals surface area contributed by atoms with Crippen molar-refractivity contribution in [3.8, 4) is 17.2 Å². The summed E-state index contributed by atoms with van der Waals surface area (Å²) < 4.78 is 22.4. The summed E-state index contributed by atoms with van der Waals surface area (Å²) in [5, 5.41) is 0.390. The van der Waals surface area contributed by atoms with Gasteiger partial charge < -0.3 is 18.6 Å². The number of rotatable bonds is 7. The highest BCUT2D eigenvalue weighted by Gasteiger charge is 2.15. The summed E-state index contributed by atoms with van der Waals surface area (Å²) in [7, 11) is 0. The van der Waals surface area contributed by atoms with Gasteiger partial charge in [-0.05, 0) is 55.8 Å². The van der Waals surface area contributed by atoms with E-state index < -0.39 is 5.97 Å². The zero-order valence-electron chi connectivity index (χ0n) is 17.8. The molecule has 0 aliphatic heterocycles. The Kier molecular flexibility index (Phi) is 6.22. The topological polar surface area (TPSA) is 75.0 Å². The van der Waals surface area contributed by atoms with Gasteiger partial charge in [0.2, 0.25) is 11.2 Å². The highest BCUT2D eigenvalue weighted by atomic mass is 16.5. The van der Waals surface area contributed by atoms with Gasteiger partial charge in [0, 0.05) is 6.07 Å². The van der Waals surface area contributed by atoms with Crippen LogP contribution in [-0.4, -0.2) is 12.6 Å². The Morgan fingerprint density at radius 1 is 0.938 bits per heavy atom. The van der Waals surface area contributed by atoms with E-state index in [2.05, 4.69) is 0 Å². The molecule has 1 heterocycles. The molecule has 1 aromatic heterocycles. The third-order valence-electron chi connectivity index (χ3n) is 4.82. The third-order valence-corrected chi connectivity index (χ3v) is 4.82. The molecule has 0 fully saturated rings. The van der Waals surface area contributed by atoms with E-state index in [1.165, 1.54) is 0 Å². The minimum Gasteiger partial charge on any atom is -0.489 e. The molecular formula is C26H22O6. The van der Waals surface area contributed by atoms with Gasteiger partial charge in [0.15, 0.2) is 0 Å². The quantitative estimate of drug-likeness (QED) is 0.353. The van der Waals surface area contributed by atoms with Gasteiger partial charge in [-0.3, -0.25) is 4.79 Å². The number of hydrogen-bond donors (Lipinski definition) is 0. The maximum absolute atomic E-state index is 13.0. The van der Waals surface area contributed by atoms with Crippen LogP contribution in [0.1, 0.15) is 28.6 Å². The number of hydrogen-bond acceptors (Lipinski definition) is 6. The number of esters is 1. The van der Waals surface area contributed by atoms with Crippen LogP contribution in [0.3, 0.4) is 0 Å². The molecule has 0 saturated carbocycles. The normalized spacial score (nSPS) is 10.7. The van der Waals surface area contributed by atoms with Gasteiger partial charge in [0.05, 0.1) is 17.6 Å². The molecule has 4 aromatic rings. The third kappa shape index (κ3) is 4.64. The molecule has 0 aliphatic carbocycles. The molecule has 0 atom stereocenters. The first-order valence-electron chi connectivity index (χ1n) is 10.2. The van der Waals surface area contributed by atoms with Gasteiger partial charge in [-0.15, -0.1) is 0 Å². The Morgan fingerprint density at radius 2 is 1.66 bits per heavy atom. The van der Waals surface area contributed by atoms with E-state index in [1.54, 1.807) is 56.3 Å². The van der Waals surface area contributed by atoms with E-state index in [4.69, 9.17) is 18.6 Å². The molecule has 4 rings (SSSR count). The molecule has 0 amide bonds. The second kappa shape index (κ2) is 9.39. The van der Waals surface area contributed by atoms with Gasteiger partial charge in [0.1, 0.15) is 29.4 Å². The Labute approximate surface area is 185 Å². The highest BCUT2D eigenvalue weighted by Crippen LogP contribution is 2.28. The van der Waals surface area contributed by atoms with Crippen LogP contribution in [0.25, 0.3) is 11.0 Å². The standard InChI is InChI=1S/C26H22O6/c1-3-29-26(28)19-9-11-20(12-10-19)32-25-17(2)31-23-15-21(13-14-22(23)24(25)27)30-16-18-7-5-4-6-8-18/h4-15H,3,16H2,1-2H3. The summed E-state index contributed by atoms with van der Waals surface area (Å²) in [5.74, 6) is 1.05. The van der Waals surface area contributed by atoms with Crippen LogP contribution in [0.15, 0.2) is 82.0 Å². The lowest BCUT2D eigenvalue weighted by molar-refractivity contribution is 0.0526. The predicted molar refractivity (Wildman–Crippen MR) is 120 cm³/mol. The monoisotopic (exact) mass is 430 g/mol. The van der Waals surface area contributed by atoms with Crippen LogP contribution in [0.2, 0.25) is 0 Å². The largest absolute Gasteiger partial charge is 0.489 e. The second-order valence-corrected chi connectivity index (χ2v) is 7.10. The zero-order valence-corrected chi connectivity index (χ0v) is 17.8. The first kappa shape index (κ1) is 21.2. The summed E-state index contributed by atoms with van der Waals surface area (Å²) in [6.45, 7) is 4.13. The molecule has 0 unspecified atom stereocenters. The molecule has 0 radical (unpaired) electrons. The molecule has 6 nitrogen and oxygen atoms in total. The molecule has 32 heavy (non-hydrogen) atoms. The number of aryl methyl sites for hydroxylation is 1. The molecule has 0 aliphatic rings. The van der Waals surface area contributed by atoms with Crippen LogP contribution >= 0.6 is 0 Å². The van der Waals surface area contributed by atoms with Crippen molar-refractivity contribution >= 4 is 16.9 Å². The predicted octanol–water partition coefficient (Wildman–Crippen LogP) is 5.65. The number of fused-ring (bicyclic) bond motifs is 1. The van der Waals surface area contributed by atoms with Crippen LogP contribution < -0.4 is 14.9 Å². The smallest absolute Gasteiger partial charge is 0.338 e. The lowest BCUT2D eigenvalue weighted by Gasteiger charge is -2.11. The summed E-state index contributed by atoms with van der Waals surface area (Å²) in [6, 6.07) is 21.3. The summed E-state index contributed by atoms with van der Waals surface area (Å²) in [5.41, 5.74) is 1.59. The van der Waals surface area contributed by atoms with Crippen molar-refractivity contribution in [2.45, 2.75) is 20.5 Å². The van der Waals surface area contributed by atoms with E-state index in [1.807, 2.05) is 30.3 Å². The fourth-order valence-corrected chi connectivity index (χ4v) is 3.21. The van der Waals surface area contributed by atoms with Crippen molar-refractivity contribution in [3.63, 3.8) is 0 Å². The van der Waals surface area contributed by atoms with Gasteiger partial charge in [0.25, 0.3) is 0 Å². The number of carbonyl (C=O) groups is 1. The SMILES string of the molecule is CCOC(=O)c1ccc(Oc2c(C)oc3cc(OCc4ccccc4)ccc3c2=O)cc1. The van der Waals surface area contributed by atoms with Crippen molar-refractivity contribution in [2.75, 3.05) is 6.61 Å². The van der Waals surface area contributed by atoms with E-state index in [0.29, 0.717) is 47.0 Å². The second-order valence-electron chi connectivity index (χ2n) is 7.10. The van der Waals surface area contributed by atoms with Crippen molar-refractivity contribution in [1.29, 1.82) is 0 Å². The Balaban J connectivity index is 1.55. The molecule has 6 heteroatoms. The first-order chi connectivity index (χ1) is 15.5. The minimum absolute atomic E-state index is 0.0966. The average Bonchev–Trinajstić information content (AvgIpc) is 2.81. The van der Waals surface area contributed by atoms with Crippen molar-refractivity contribution in [2.24, 2.45) is 0 Å². The van der Waals surface area contributed by atoms with E-state index in [-0.39, 0.29) is 11.2 Å². The molecule has 3 aromatic carbocycles. The Bertz CT molecular complexity index is 1290. The number of carbonyl (C=O) groups excluding carboxylic acids is 1. The number of benzene rings is 3. The lowest BCUT2D eigenvalue weighted by Crippen LogP contribution is -2.08. The average molecular weight is 430 g/mol. The van der Waals surface area contributed by atoms with Crippen molar-refractivity contribution < 1.29 is 23.4 Å². The van der Waals surface area contributed by atoms with Gasteiger partial charge in [-0.25, -0.2) is 4.79 Å². The molecule has 0 N–H and O–H groups in total. The fraction of sp³-hybridized carbons (Fsp3) is 0.154. The zero-order chi connectivity index (χ0) is 22.5. The lowest BCUT2D eigenvalue weighted by atomic mass is 10.2. The maximum Gasteiger partial charge on any atom is 0.338 e. The minimum atomic E-state index is -0.411. The molecular weight excluding hydrogens is 408 g/mol. The van der Waals surface area contributed by atoms with Crippen LogP contribution in [0.5, 0.6) is 17.2 Å². The van der Waals surface area contributed by atoms with E-state index in [9.17, 15) is 9.59 Å². The van der Waals surface area contributed by atoms with Crippen LogP contribution in [0.4, 0.5) is 0 Å². The maximum atomic E-state index is 13.0. The summed E-state index contributed by atoms with van der Waals surface area (Å²) in [6.07, 6.45) is 0. The van der Waals surface area contributed by atoms with Gasteiger partial charge in [-0.1, -0.05) is 30.3 Å². The van der Waals surface area contributed by atoms with E-state index >= 15 is 0 Å². The molecule has 0 spiro atoms. The van der Waals surface area contributed by atoms with Gasteiger partial charge >= 0.3 is 5.97 Å². The molecule has 162 valence electrons. The summed E-state index contributed by atoms with van der Waals surface area (Å²) >= 11 is 0. The Hall–Kier alpha value is -4.06. The Morgan fingerprint density at radius 3 is 2.38 bits per heavy atom. The van der Waals surface area contributed by atoms with Crippen LogP contribution in [-0.2, 0) is 11.3 Å². The van der Waals surface area contributed by atoms with Crippen LogP contribution in [0, 0.1) is 6.92 Å². The van der Waals surface area contributed by atoms with Gasteiger partial charge in [-0.2, -0.15) is 0 Å². The van der Waals surface area contributed by atoms with Crippen molar-refractivity contribution in [1.82, 2.24) is 0 Å². The number of ether oxygens (including phenoxy) is 3. The first-order valence-corrected chi connectivity index (χ1v) is 10.2.